The highest BCUT2D eigenvalue weighted by molar-refractivity contribution is 6.07. The predicted molar refractivity (Wildman–Crippen MR) is 72.4 cm³/mol. The van der Waals surface area contributed by atoms with Crippen LogP contribution in [0.3, 0.4) is 0 Å². The van der Waals surface area contributed by atoms with Gasteiger partial charge < -0.3 is 9.73 Å². The summed E-state index contributed by atoms with van der Waals surface area (Å²) in [7, 11) is 0. The van der Waals surface area contributed by atoms with Crippen molar-refractivity contribution >= 4 is 28.8 Å². The molecule has 7 heteroatoms. The summed E-state index contributed by atoms with van der Waals surface area (Å²) in [4.78, 5) is 39.2. The van der Waals surface area contributed by atoms with E-state index in [-0.39, 0.29) is 12.3 Å². The minimum Gasteiger partial charge on any atom is -0.440 e. The Hall–Kier alpha value is -2.70. The molecule has 2 heterocycles. The molecule has 3 rings (SSSR count). The third kappa shape index (κ3) is 2.49. The summed E-state index contributed by atoms with van der Waals surface area (Å²) in [6.07, 6.45) is 0.504. The van der Waals surface area contributed by atoms with Gasteiger partial charge in [-0.2, -0.15) is 0 Å². The molecule has 1 aromatic heterocycles. The second-order valence-electron chi connectivity index (χ2n) is 4.86. The van der Waals surface area contributed by atoms with E-state index in [1.54, 1.807) is 25.1 Å². The number of carbonyl (C=O) groups excluding carboxylic acids is 3. The summed E-state index contributed by atoms with van der Waals surface area (Å²) in [6.45, 7) is 1.70. The predicted octanol–water partition coefficient (Wildman–Crippen LogP) is 0.671. The second kappa shape index (κ2) is 5.01. The standard InChI is InChI=1S/C14H13N3O4/c1-7-15-9-4-2-3-8(12(9)21-7)13(19)16-10-5-6-11(18)17-14(10)20/h2-4,10H,5-6H2,1H3,(H,16,19)(H,17,18,20). The minimum absolute atomic E-state index is 0.211. The lowest BCUT2D eigenvalue weighted by molar-refractivity contribution is -0.134. The second-order valence-corrected chi connectivity index (χ2v) is 4.86. The van der Waals surface area contributed by atoms with Crippen molar-refractivity contribution in [1.82, 2.24) is 15.6 Å². The van der Waals surface area contributed by atoms with Crippen LogP contribution in [0, 0.1) is 6.92 Å². The lowest BCUT2D eigenvalue weighted by Crippen LogP contribution is -2.52. The molecular weight excluding hydrogens is 274 g/mol. The van der Waals surface area contributed by atoms with Gasteiger partial charge in [-0.25, -0.2) is 4.98 Å². The zero-order valence-electron chi connectivity index (χ0n) is 11.3. The molecule has 21 heavy (non-hydrogen) atoms. The fourth-order valence-electron chi connectivity index (χ4n) is 2.31. The van der Waals surface area contributed by atoms with Gasteiger partial charge in [-0.1, -0.05) is 6.07 Å². The van der Waals surface area contributed by atoms with Crippen molar-refractivity contribution in [3.63, 3.8) is 0 Å². The van der Waals surface area contributed by atoms with Gasteiger partial charge in [0.25, 0.3) is 5.91 Å². The van der Waals surface area contributed by atoms with Crippen molar-refractivity contribution in [1.29, 1.82) is 0 Å². The summed E-state index contributed by atoms with van der Waals surface area (Å²) in [6, 6.07) is 4.33. The van der Waals surface area contributed by atoms with E-state index in [0.29, 0.717) is 29.0 Å². The number of oxazole rings is 1. The van der Waals surface area contributed by atoms with Crippen LogP contribution in [0.15, 0.2) is 22.6 Å². The zero-order chi connectivity index (χ0) is 15.0. The third-order valence-electron chi connectivity index (χ3n) is 3.31. The average Bonchev–Trinajstić information content (AvgIpc) is 2.81. The molecule has 1 fully saturated rings. The van der Waals surface area contributed by atoms with Crippen molar-refractivity contribution in [2.45, 2.75) is 25.8 Å². The Kier molecular flexibility index (Phi) is 3.17. The van der Waals surface area contributed by atoms with E-state index in [1.165, 1.54) is 0 Å². The van der Waals surface area contributed by atoms with Crippen LogP contribution < -0.4 is 10.6 Å². The fourth-order valence-corrected chi connectivity index (χ4v) is 2.31. The first kappa shape index (κ1) is 13.3. The van der Waals surface area contributed by atoms with Gasteiger partial charge in [0.05, 0.1) is 5.56 Å². The van der Waals surface area contributed by atoms with E-state index < -0.39 is 17.9 Å². The largest absolute Gasteiger partial charge is 0.440 e. The molecule has 1 aliphatic rings. The Morgan fingerprint density at radius 3 is 3.00 bits per heavy atom. The van der Waals surface area contributed by atoms with Gasteiger partial charge in [-0.05, 0) is 18.6 Å². The van der Waals surface area contributed by atoms with Crippen LogP contribution in [0.5, 0.6) is 0 Å². The molecule has 1 atom stereocenters. The Morgan fingerprint density at radius 2 is 2.24 bits per heavy atom. The molecule has 0 aliphatic carbocycles. The van der Waals surface area contributed by atoms with E-state index in [9.17, 15) is 14.4 Å². The number of carbonyl (C=O) groups is 3. The summed E-state index contributed by atoms with van der Waals surface area (Å²) in [5.74, 6) is -0.767. The number of piperidine rings is 1. The quantitative estimate of drug-likeness (QED) is 0.791. The molecule has 3 amide bonds. The van der Waals surface area contributed by atoms with Gasteiger partial charge in [0.15, 0.2) is 11.5 Å². The maximum Gasteiger partial charge on any atom is 0.255 e. The first-order valence-electron chi connectivity index (χ1n) is 6.55. The molecular formula is C14H13N3O4. The van der Waals surface area contributed by atoms with Crippen molar-refractivity contribution < 1.29 is 18.8 Å². The number of fused-ring (bicyclic) bond motifs is 1. The number of amides is 3. The van der Waals surface area contributed by atoms with Crippen LogP contribution in [-0.4, -0.2) is 28.7 Å². The van der Waals surface area contributed by atoms with Crippen molar-refractivity contribution in [3.05, 3.63) is 29.7 Å². The molecule has 1 aromatic carbocycles. The van der Waals surface area contributed by atoms with Crippen LogP contribution in [-0.2, 0) is 9.59 Å². The van der Waals surface area contributed by atoms with Gasteiger partial charge in [-0.15, -0.1) is 0 Å². The molecule has 2 N–H and O–H groups in total. The topological polar surface area (TPSA) is 101 Å². The lowest BCUT2D eigenvalue weighted by atomic mass is 10.1. The molecule has 1 aliphatic heterocycles. The molecule has 0 bridgehead atoms. The Labute approximate surface area is 119 Å². The minimum atomic E-state index is -0.713. The third-order valence-corrected chi connectivity index (χ3v) is 3.31. The number of benzene rings is 1. The van der Waals surface area contributed by atoms with Crippen LogP contribution in [0.1, 0.15) is 29.1 Å². The first-order chi connectivity index (χ1) is 10.0. The molecule has 1 unspecified atom stereocenters. The summed E-state index contributed by atoms with van der Waals surface area (Å²) >= 11 is 0. The molecule has 108 valence electrons. The van der Waals surface area contributed by atoms with Gasteiger partial charge >= 0.3 is 0 Å². The van der Waals surface area contributed by atoms with Crippen molar-refractivity contribution in [2.75, 3.05) is 0 Å². The Bertz CT molecular complexity index is 750. The number of aryl methyl sites for hydroxylation is 1. The summed E-state index contributed by atoms with van der Waals surface area (Å²) in [5, 5.41) is 4.81. The van der Waals surface area contributed by atoms with Gasteiger partial charge in [-0.3, -0.25) is 19.7 Å². The van der Waals surface area contributed by atoms with Crippen molar-refractivity contribution in [3.8, 4) is 0 Å². The monoisotopic (exact) mass is 287 g/mol. The normalized spacial score (nSPS) is 18.6. The fraction of sp³-hybridized carbons (Fsp3) is 0.286. The lowest BCUT2D eigenvalue weighted by Gasteiger charge is -2.21. The van der Waals surface area contributed by atoms with Crippen molar-refractivity contribution in [2.24, 2.45) is 0 Å². The highest BCUT2D eigenvalue weighted by atomic mass is 16.3. The highest BCUT2D eigenvalue weighted by Crippen LogP contribution is 2.20. The number of nitrogens with one attached hydrogen (secondary N) is 2. The highest BCUT2D eigenvalue weighted by Gasteiger charge is 2.28. The van der Waals surface area contributed by atoms with Crippen LogP contribution >= 0.6 is 0 Å². The summed E-state index contributed by atoms with van der Waals surface area (Å²) < 4.78 is 5.43. The van der Waals surface area contributed by atoms with E-state index in [0.717, 1.165) is 0 Å². The molecule has 0 radical (unpaired) electrons. The van der Waals surface area contributed by atoms with E-state index in [4.69, 9.17) is 4.42 Å². The van der Waals surface area contributed by atoms with Gasteiger partial charge in [0.1, 0.15) is 11.6 Å². The van der Waals surface area contributed by atoms with Crippen LogP contribution in [0.4, 0.5) is 0 Å². The van der Waals surface area contributed by atoms with Crippen LogP contribution in [0.25, 0.3) is 11.1 Å². The average molecular weight is 287 g/mol. The number of hydrogen-bond acceptors (Lipinski definition) is 5. The number of rotatable bonds is 2. The van der Waals surface area contributed by atoms with E-state index in [2.05, 4.69) is 15.6 Å². The van der Waals surface area contributed by atoms with Gasteiger partial charge in [0, 0.05) is 13.3 Å². The Morgan fingerprint density at radius 1 is 1.43 bits per heavy atom. The number of hydrogen-bond donors (Lipinski definition) is 2. The Balaban J connectivity index is 1.84. The molecule has 2 aromatic rings. The smallest absolute Gasteiger partial charge is 0.255 e. The van der Waals surface area contributed by atoms with Crippen LogP contribution in [0.2, 0.25) is 0 Å². The maximum atomic E-state index is 12.3. The number of imide groups is 1. The van der Waals surface area contributed by atoms with E-state index in [1.807, 2.05) is 0 Å². The summed E-state index contributed by atoms with van der Waals surface area (Å²) in [5.41, 5.74) is 1.29. The molecule has 0 spiro atoms. The van der Waals surface area contributed by atoms with E-state index >= 15 is 0 Å². The molecule has 1 saturated heterocycles. The number of nitrogens with zero attached hydrogens (tertiary/aromatic N) is 1. The van der Waals surface area contributed by atoms with Gasteiger partial charge in [0.2, 0.25) is 11.8 Å². The number of para-hydroxylation sites is 1. The number of aromatic nitrogens is 1. The first-order valence-corrected chi connectivity index (χ1v) is 6.55. The molecule has 0 saturated carbocycles. The molecule has 7 nitrogen and oxygen atoms in total. The maximum absolute atomic E-state index is 12.3. The zero-order valence-corrected chi connectivity index (χ0v) is 11.3. The SMILES string of the molecule is Cc1nc2cccc(C(=O)NC3CCC(=O)NC3=O)c2o1.